The second-order valence-electron chi connectivity index (χ2n) is 9.30. The maximum Gasteiger partial charge on any atom is 0.341 e. The van der Waals surface area contributed by atoms with Crippen molar-refractivity contribution in [3.05, 3.63) is 29.3 Å². The van der Waals surface area contributed by atoms with E-state index < -0.39 is 5.97 Å². The van der Waals surface area contributed by atoms with Gasteiger partial charge >= 0.3 is 5.97 Å². The minimum atomic E-state index is -0.975. The van der Waals surface area contributed by atoms with E-state index in [1.165, 1.54) is 5.56 Å². The van der Waals surface area contributed by atoms with Crippen molar-refractivity contribution in [3.63, 3.8) is 0 Å². The summed E-state index contributed by atoms with van der Waals surface area (Å²) >= 11 is 0. The number of aliphatic hydroxyl groups is 2. The van der Waals surface area contributed by atoms with Gasteiger partial charge in [0.05, 0.1) is 12.2 Å². The van der Waals surface area contributed by atoms with Gasteiger partial charge < -0.3 is 20.1 Å². The molecule has 0 saturated heterocycles. The Bertz CT molecular complexity index is 703. The van der Waals surface area contributed by atoms with Gasteiger partial charge in [0.15, 0.2) is 6.61 Å². The number of carbonyl (C=O) groups is 1. The molecule has 3 rings (SSSR count). The molecule has 5 atom stereocenters. The molecular formula is C24H36O5. The van der Waals surface area contributed by atoms with E-state index in [2.05, 4.69) is 19.9 Å². The fourth-order valence-electron chi connectivity index (χ4n) is 5.67. The number of aliphatic carboxylic acids is 1. The minimum absolute atomic E-state index is 0.000969. The van der Waals surface area contributed by atoms with Gasteiger partial charge in [-0.2, -0.15) is 0 Å². The van der Waals surface area contributed by atoms with Crippen LogP contribution in [-0.4, -0.2) is 40.1 Å². The Morgan fingerprint density at radius 2 is 2.10 bits per heavy atom. The molecule has 5 nitrogen and oxygen atoms in total. The number of benzene rings is 1. The molecule has 1 saturated carbocycles. The lowest BCUT2D eigenvalue weighted by atomic mass is 9.62. The van der Waals surface area contributed by atoms with Crippen LogP contribution in [0.4, 0.5) is 0 Å². The van der Waals surface area contributed by atoms with Gasteiger partial charge in [0.25, 0.3) is 0 Å². The summed E-state index contributed by atoms with van der Waals surface area (Å²) in [5, 5.41) is 30.1. The molecule has 0 heterocycles. The number of ether oxygens (including phenoxy) is 1. The van der Waals surface area contributed by atoms with E-state index >= 15 is 0 Å². The second-order valence-corrected chi connectivity index (χ2v) is 9.30. The number of aliphatic hydroxyl groups excluding tert-OH is 2. The maximum absolute atomic E-state index is 10.9. The lowest BCUT2D eigenvalue weighted by Gasteiger charge is -2.42. The molecule has 162 valence electrons. The van der Waals surface area contributed by atoms with E-state index in [0.29, 0.717) is 11.7 Å². The van der Waals surface area contributed by atoms with E-state index in [9.17, 15) is 15.0 Å². The van der Waals surface area contributed by atoms with Crippen molar-refractivity contribution in [3.8, 4) is 5.75 Å². The first-order chi connectivity index (χ1) is 13.8. The second kappa shape index (κ2) is 9.48. The summed E-state index contributed by atoms with van der Waals surface area (Å²) in [4.78, 5) is 10.9. The molecule has 0 amide bonds. The zero-order chi connectivity index (χ0) is 21.0. The highest BCUT2D eigenvalue weighted by atomic mass is 16.5. The lowest BCUT2D eigenvalue weighted by Crippen LogP contribution is -2.38. The third-order valence-electron chi connectivity index (χ3n) is 7.33. The van der Waals surface area contributed by atoms with Crippen LogP contribution < -0.4 is 4.74 Å². The first kappa shape index (κ1) is 22.1. The van der Waals surface area contributed by atoms with Crippen LogP contribution >= 0.6 is 0 Å². The van der Waals surface area contributed by atoms with Crippen LogP contribution in [0, 0.1) is 17.3 Å². The zero-order valence-electron chi connectivity index (χ0n) is 17.8. The molecule has 5 heteroatoms. The summed E-state index contributed by atoms with van der Waals surface area (Å²) < 4.78 is 5.53. The van der Waals surface area contributed by atoms with Crippen molar-refractivity contribution in [1.29, 1.82) is 0 Å². The van der Waals surface area contributed by atoms with Gasteiger partial charge in [-0.05, 0) is 73.0 Å². The Hall–Kier alpha value is -1.59. The fourth-order valence-corrected chi connectivity index (χ4v) is 5.67. The average Bonchev–Trinajstić information content (AvgIpc) is 2.91. The van der Waals surface area contributed by atoms with E-state index in [4.69, 9.17) is 9.84 Å². The molecule has 0 spiro atoms. The van der Waals surface area contributed by atoms with Gasteiger partial charge in [-0.25, -0.2) is 4.79 Å². The number of unbranched alkanes of at least 4 members (excludes halogenated alkanes) is 2. The first-order valence-corrected chi connectivity index (χ1v) is 11.2. The van der Waals surface area contributed by atoms with E-state index in [-0.39, 0.29) is 30.1 Å². The first-order valence-electron chi connectivity index (χ1n) is 11.2. The van der Waals surface area contributed by atoms with Crippen molar-refractivity contribution in [2.75, 3.05) is 6.61 Å². The Morgan fingerprint density at radius 1 is 1.31 bits per heavy atom. The molecular weight excluding hydrogens is 368 g/mol. The molecule has 0 aliphatic heterocycles. The molecule has 0 bridgehead atoms. The van der Waals surface area contributed by atoms with Gasteiger partial charge in [-0.1, -0.05) is 45.2 Å². The predicted octanol–water partition coefficient (Wildman–Crippen LogP) is 3.97. The van der Waals surface area contributed by atoms with Crippen molar-refractivity contribution >= 4 is 5.97 Å². The van der Waals surface area contributed by atoms with Crippen molar-refractivity contribution in [1.82, 2.24) is 0 Å². The third kappa shape index (κ3) is 4.95. The molecule has 2 aliphatic rings. The number of carboxylic acid groups (broad SMARTS) is 1. The molecule has 29 heavy (non-hydrogen) atoms. The van der Waals surface area contributed by atoms with Crippen LogP contribution in [0.1, 0.15) is 69.9 Å². The lowest BCUT2D eigenvalue weighted by molar-refractivity contribution is -0.139. The summed E-state index contributed by atoms with van der Waals surface area (Å²) in [6.45, 7) is 4.12. The van der Waals surface area contributed by atoms with E-state index in [0.717, 1.165) is 63.4 Å². The highest BCUT2D eigenvalue weighted by Gasteiger charge is 2.53. The SMILES string of the molecule is CCCCC[C@H](O)CC[C@H]1C(O)C[C@@H]2Cc3c(cccc3OCC(=O)O)C[C@@]21C. The molecule has 0 radical (unpaired) electrons. The van der Waals surface area contributed by atoms with Crippen LogP contribution in [0.3, 0.4) is 0 Å². The maximum atomic E-state index is 10.9. The van der Waals surface area contributed by atoms with Crippen molar-refractivity contribution < 1.29 is 24.9 Å². The summed E-state index contributed by atoms with van der Waals surface area (Å²) in [6.07, 6.45) is 7.67. The molecule has 1 aromatic carbocycles. The molecule has 3 N–H and O–H groups in total. The zero-order valence-corrected chi connectivity index (χ0v) is 17.8. The largest absolute Gasteiger partial charge is 0.482 e. The predicted molar refractivity (Wildman–Crippen MR) is 112 cm³/mol. The van der Waals surface area contributed by atoms with Crippen LogP contribution in [-0.2, 0) is 17.6 Å². The Balaban J connectivity index is 1.69. The molecule has 1 aromatic rings. The van der Waals surface area contributed by atoms with Crippen molar-refractivity contribution in [2.45, 2.75) is 83.8 Å². The monoisotopic (exact) mass is 404 g/mol. The number of carboxylic acids is 1. The molecule has 2 aliphatic carbocycles. The number of hydrogen-bond acceptors (Lipinski definition) is 4. The van der Waals surface area contributed by atoms with Crippen molar-refractivity contribution in [2.24, 2.45) is 17.3 Å². The summed E-state index contributed by atoms with van der Waals surface area (Å²) in [5.74, 6) is 0.222. The number of fused-ring (bicyclic) bond motifs is 2. The molecule has 1 fully saturated rings. The van der Waals surface area contributed by atoms with Crippen LogP contribution in [0.5, 0.6) is 5.75 Å². The Labute approximate surface area is 174 Å². The number of rotatable bonds is 10. The molecule has 1 unspecified atom stereocenters. The van der Waals surface area contributed by atoms with Gasteiger partial charge in [-0.3, -0.25) is 0 Å². The summed E-state index contributed by atoms with van der Waals surface area (Å²) in [6, 6.07) is 5.88. The fraction of sp³-hybridized carbons (Fsp3) is 0.708. The topological polar surface area (TPSA) is 87.0 Å². The molecule has 0 aromatic heterocycles. The van der Waals surface area contributed by atoms with E-state index in [1.807, 2.05) is 12.1 Å². The highest BCUT2D eigenvalue weighted by Crippen LogP contribution is 2.56. The Morgan fingerprint density at radius 3 is 2.83 bits per heavy atom. The summed E-state index contributed by atoms with van der Waals surface area (Å²) in [5.41, 5.74) is 2.30. The standard InChI is InChI=1S/C24H36O5/c1-3-4-5-8-18(25)10-11-20-21(26)13-17-12-19-16(14-24(17,20)2)7-6-9-22(19)29-15-23(27)28/h6-7,9,17-18,20-21,25-26H,3-5,8,10-15H2,1-2H3,(H,27,28)/t17-,18-,20-,21?,24-/m0/s1. The van der Waals surface area contributed by atoms with Crippen LogP contribution in [0.25, 0.3) is 0 Å². The van der Waals surface area contributed by atoms with Crippen LogP contribution in [0.2, 0.25) is 0 Å². The highest BCUT2D eigenvalue weighted by molar-refractivity contribution is 5.68. The Kier molecular flexibility index (Phi) is 7.23. The smallest absolute Gasteiger partial charge is 0.341 e. The van der Waals surface area contributed by atoms with Gasteiger partial charge in [0.2, 0.25) is 0 Å². The van der Waals surface area contributed by atoms with Crippen LogP contribution in [0.15, 0.2) is 18.2 Å². The number of hydrogen-bond donors (Lipinski definition) is 3. The minimum Gasteiger partial charge on any atom is -0.482 e. The normalized spacial score (nSPS) is 29.2. The van der Waals surface area contributed by atoms with Gasteiger partial charge in [0.1, 0.15) is 5.75 Å². The summed E-state index contributed by atoms with van der Waals surface area (Å²) in [7, 11) is 0. The quantitative estimate of drug-likeness (QED) is 0.514. The third-order valence-corrected chi connectivity index (χ3v) is 7.33. The van der Waals surface area contributed by atoms with Gasteiger partial charge in [-0.15, -0.1) is 0 Å². The average molecular weight is 405 g/mol. The van der Waals surface area contributed by atoms with E-state index in [1.54, 1.807) is 0 Å². The van der Waals surface area contributed by atoms with Gasteiger partial charge in [0, 0.05) is 0 Å².